The summed E-state index contributed by atoms with van der Waals surface area (Å²) in [6.07, 6.45) is -0.513. The van der Waals surface area contributed by atoms with Gasteiger partial charge in [0.25, 0.3) is 0 Å². The first-order valence-electron chi connectivity index (χ1n) is 12.1. The number of ether oxygens (including phenoxy) is 3. The first kappa shape index (κ1) is 25.1. The van der Waals surface area contributed by atoms with E-state index in [4.69, 9.17) is 14.2 Å². The predicted molar refractivity (Wildman–Crippen MR) is 140 cm³/mol. The average Bonchev–Trinajstić information content (AvgIpc) is 3.26. The van der Waals surface area contributed by atoms with Crippen molar-refractivity contribution in [3.63, 3.8) is 0 Å². The minimum absolute atomic E-state index is 0.324. The summed E-state index contributed by atoms with van der Waals surface area (Å²) in [4.78, 5) is 11.3. The zero-order chi connectivity index (χ0) is 25.3. The highest BCUT2D eigenvalue weighted by Crippen LogP contribution is 2.27. The largest absolute Gasteiger partial charge is 0.492 e. The van der Waals surface area contributed by atoms with Gasteiger partial charge in [0.15, 0.2) is 6.10 Å². The zero-order valence-electron chi connectivity index (χ0n) is 20.6. The molecule has 36 heavy (non-hydrogen) atoms. The molecule has 1 aromatic heterocycles. The Balaban J connectivity index is 1.35. The molecule has 0 aliphatic rings. The summed E-state index contributed by atoms with van der Waals surface area (Å²) in [5.41, 5.74) is 4.28. The summed E-state index contributed by atoms with van der Waals surface area (Å²) in [6, 6.07) is 29.6. The lowest BCUT2D eigenvalue weighted by Gasteiger charge is -2.14. The summed E-state index contributed by atoms with van der Waals surface area (Å²) in [5.74, 6) is 1.40. The number of para-hydroxylation sites is 1. The van der Waals surface area contributed by atoms with Gasteiger partial charge in [0.2, 0.25) is 0 Å². The van der Waals surface area contributed by atoms with Crippen LogP contribution in [0.1, 0.15) is 18.2 Å². The van der Waals surface area contributed by atoms with Gasteiger partial charge in [-0.3, -0.25) is 0 Å². The predicted octanol–water partition coefficient (Wildman–Crippen LogP) is 6.37. The van der Waals surface area contributed by atoms with Crippen LogP contribution >= 0.6 is 0 Å². The maximum atomic E-state index is 11.3. The molecule has 4 aromatic rings. The highest BCUT2D eigenvalue weighted by Gasteiger charge is 2.17. The van der Waals surface area contributed by atoms with Crippen molar-refractivity contribution < 1.29 is 24.1 Å². The van der Waals surface area contributed by atoms with Gasteiger partial charge < -0.3 is 23.9 Å². The Bertz CT molecular complexity index is 1250. The molecular weight excluding hydrogens is 454 g/mol. The van der Waals surface area contributed by atoms with Crippen molar-refractivity contribution in [3.05, 3.63) is 102 Å². The van der Waals surface area contributed by atoms with Gasteiger partial charge in [0.05, 0.1) is 6.54 Å². The summed E-state index contributed by atoms with van der Waals surface area (Å²) in [7, 11) is 0. The van der Waals surface area contributed by atoms with Crippen molar-refractivity contribution in [2.75, 3.05) is 13.2 Å². The first-order chi connectivity index (χ1) is 17.5. The number of benzene rings is 3. The Kier molecular flexibility index (Phi) is 8.42. The van der Waals surface area contributed by atoms with Crippen molar-refractivity contribution >= 4 is 5.97 Å². The van der Waals surface area contributed by atoms with Gasteiger partial charge in [0.1, 0.15) is 23.9 Å². The minimum atomic E-state index is -0.951. The summed E-state index contributed by atoms with van der Waals surface area (Å²) in [6.45, 7) is 5.45. The minimum Gasteiger partial charge on any atom is -0.492 e. The van der Waals surface area contributed by atoms with Crippen LogP contribution in [0, 0.1) is 6.92 Å². The number of carbonyl (C=O) groups is 1. The van der Waals surface area contributed by atoms with E-state index < -0.39 is 12.1 Å². The molecule has 0 radical (unpaired) electrons. The van der Waals surface area contributed by atoms with Gasteiger partial charge in [-0.25, -0.2) is 4.79 Å². The maximum absolute atomic E-state index is 11.3. The van der Waals surface area contributed by atoms with E-state index in [1.165, 1.54) is 0 Å². The van der Waals surface area contributed by atoms with Gasteiger partial charge in [-0.1, -0.05) is 30.3 Å². The van der Waals surface area contributed by atoms with Crippen molar-refractivity contribution in [1.29, 1.82) is 0 Å². The van der Waals surface area contributed by atoms with Crippen LogP contribution in [0.2, 0.25) is 0 Å². The van der Waals surface area contributed by atoms with Crippen LogP contribution in [-0.2, 0) is 22.5 Å². The second-order valence-electron chi connectivity index (χ2n) is 8.43. The number of nitrogens with zero attached hydrogens (tertiary/aromatic N) is 1. The van der Waals surface area contributed by atoms with Gasteiger partial charge >= 0.3 is 5.97 Å². The Morgan fingerprint density at radius 3 is 2.19 bits per heavy atom. The molecule has 0 aliphatic carbocycles. The molecule has 0 fully saturated rings. The van der Waals surface area contributed by atoms with Crippen LogP contribution in [0.4, 0.5) is 0 Å². The van der Waals surface area contributed by atoms with Crippen LogP contribution in [0.25, 0.3) is 11.3 Å². The molecule has 0 aliphatic heterocycles. The van der Waals surface area contributed by atoms with Crippen molar-refractivity contribution in [1.82, 2.24) is 4.57 Å². The van der Waals surface area contributed by atoms with Crippen LogP contribution in [-0.4, -0.2) is 35.0 Å². The van der Waals surface area contributed by atoms with E-state index in [1.807, 2.05) is 66.7 Å². The number of hydrogen-bond donors (Lipinski definition) is 1. The van der Waals surface area contributed by atoms with Crippen LogP contribution in [0.15, 0.2) is 91.0 Å². The smallest absolute Gasteiger partial charge is 0.333 e. The second kappa shape index (κ2) is 12.1. The Hall–Kier alpha value is -4.03. The molecule has 1 heterocycles. The molecule has 1 unspecified atom stereocenters. The molecule has 0 spiro atoms. The highest BCUT2D eigenvalue weighted by molar-refractivity contribution is 5.72. The van der Waals surface area contributed by atoms with Gasteiger partial charge in [0, 0.05) is 24.4 Å². The topological polar surface area (TPSA) is 69.9 Å². The van der Waals surface area contributed by atoms with Gasteiger partial charge in [-0.15, -0.1) is 0 Å². The molecule has 0 saturated heterocycles. The van der Waals surface area contributed by atoms with Crippen molar-refractivity contribution in [2.24, 2.45) is 0 Å². The van der Waals surface area contributed by atoms with E-state index in [1.54, 1.807) is 6.92 Å². The number of aliphatic carboxylic acids is 1. The average molecular weight is 486 g/mol. The van der Waals surface area contributed by atoms with E-state index >= 15 is 0 Å². The fourth-order valence-electron chi connectivity index (χ4n) is 4.05. The summed E-state index contributed by atoms with van der Waals surface area (Å²) in [5, 5.41) is 9.27. The SMILES string of the molecule is CCOC(Cc1ccc(OCCn2c(C)ccc2-c2ccc(Oc3ccccc3)cc2)cc1)C(=O)O. The van der Waals surface area contributed by atoms with E-state index in [-0.39, 0.29) is 0 Å². The fraction of sp³-hybridized carbons (Fsp3) is 0.233. The molecule has 1 atom stereocenters. The lowest BCUT2D eigenvalue weighted by Crippen LogP contribution is -2.26. The van der Waals surface area contributed by atoms with E-state index in [2.05, 4.69) is 35.8 Å². The summed E-state index contributed by atoms with van der Waals surface area (Å²) >= 11 is 0. The molecule has 6 nitrogen and oxygen atoms in total. The second-order valence-corrected chi connectivity index (χ2v) is 8.43. The fourth-order valence-corrected chi connectivity index (χ4v) is 4.05. The third kappa shape index (κ3) is 6.55. The number of aryl methyl sites for hydroxylation is 1. The molecule has 0 bridgehead atoms. The first-order valence-corrected chi connectivity index (χ1v) is 12.1. The number of carboxylic acid groups (broad SMARTS) is 1. The van der Waals surface area contributed by atoms with Crippen LogP contribution in [0.3, 0.4) is 0 Å². The van der Waals surface area contributed by atoms with Crippen LogP contribution in [0.5, 0.6) is 17.2 Å². The van der Waals surface area contributed by atoms with Gasteiger partial charge in [-0.2, -0.15) is 0 Å². The Labute approximate surface area is 211 Å². The molecule has 3 aromatic carbocycles. The molecule has 0 saturated carbocycles. The molecule has 6 heteroatoms. The number of carboxylic acids is 1. The van der Waals surface area contributed by atoms with Gasteiger partial charge in [-0.05, 0) is 85.6 Å². The quantitative estimate of drug-likeness (QED) is 0.253. The van der Waals surface area contributed by atoms with Crippen molar-refractivity contribution in [2.45, 2.75) is 32.9 Å². The third-order valence-corrected chi connectivity index (χ3v) is 5.90. The Morgan fingerprint density at radius 2 is 1.53 bits per heavy atom. The number of rotatable bonds is 12. The summed E-state index contributed by atoms with van der Waals surface area (Å²) < 4.78 is 19.4. The highest BCUT2D eigenvalue weighted by atomic mass is 16.5. The third-order valence-electron chi connectivity index (χ3n) is 5.90. The van der Waals surface area contributed by atoms with Crippen molar-refractivity contribution in [3.8, 4) is 28.5 Å². The zero-order valence-corrected chi connectivity index (χ0v) is 20.6. The number of hydrogen-bond acceptors (Lipinski definition) is 4. The standard InChI is InChI=1S/C30H31NO5/c1-3-34-29(30(32)33)21-23-10-14-25(15-11-23)35-20-19-31-22(2)9-18-28(31)24-12-16-27(17-13-24)36-26-7-5-4-6-8-26/h4-18,29H,3,19-21H2,1-2H3,(H,32,33). The molecule has 0 amide bonds. The number of aromatic nitrogens is 1. The molecule has 1 N–H and O–H groups in total. The Morgan fingerprint density at radius 1 is 0.861 bits per heavy atom. The molecule has 186 valence electrons. The lowest BCUT2D eigenvalue weighted by molar-refractivity contribution is -0.149. The van der Waals surface area contributed by atoms with E-state index in [0.29, 0.717) is 26.2 Å². The maximum Gasteiger partial charge on any atom is 0.333 e. The molecule has 4 rings (SSSR count). The lowest BCUT2D eigenvalue weighted by atomic mass is 10.1. The van der Waals surface area contributed by atoms with Crippen LogP contribution < -0.4 is 9.47 Å². The normalized spacial score (nSPS) is 11.7. The monoisotopic (exact) mass is 485 g/mol. The molecular formula is C30H31NO5. The van der Waals surface area contributed by atoms with E-state index in [0.717, 1.165) is 39.8 Å². The van der Waals surface area contributed by atoms with E-state index in [9.17, 15) is 9.90 Å².